The summed E-state index contributed by atoms with van der Waals surface area (Å²) >= 11 is 0. The van der Waals surface area contributed by atoms with Crippen molar-refractivity contribution in [2.45, 2.75) is 30.9 Å². The van der Waals surface area contributed by atoms with E-state index in [0.717, 1.165) is 32.2 Å². The van der Waals surface area contributed by atoms with E-state index in [9.17, 15) is 0 Å². The number of hydrogen-bond donors (Lipinski definition) is 0. The largest absolute Gasteiger partial charge is 0.378 e. The molecule has 0 radical (unpaired) electrons. The van der Waals surface area contributed by atoms with Crippen LogP contribution in [0.25, 0.3) is 0 Å². The van der Waals surface area contributed by atoms with Gasteiger partial charge in [0.15, 0.2) is 0 Å². The molecule has 4 nitrogen and oxygen atoms in total. The Bertz CT molecular complexity index is 266. The van der Waals surface area contributed by atoms with Crippen molar-refractivity contribution in [1.82, 2.24) is 9.80 Å². The molecule has 0 amide bonds. The maximum atomic E-state index is 5.73. The zero-order valence-electron chi connectivity index (χ0n) is 10.9. The highest BCUT2D eigenvalue weighted by atomic mass is 16.5. The van der Waals surface area contributed by atoms with Gasteiger partial charge in [-0.05, 0) is 19.4 Å². The van der Waals surface area contributed by atoms with Crippen LogP contribution < -0.4 is 0 Å². The average Bonchev–Trinajstić information content (AvgIpc) is 2.97. The van der Waals surface area contributed by atoms with Gasteiger partial charge in [0, 0.05) is 52.4 Å². The molecule has 0 aromatic carbocycles. The highest BCUT2D eigenvalue weighted by Crippen LogP contribution is 2.27. The maximum absolute atomic E-state index is 5.73. The first-order valence-electron chi connectivity index (χ1n) is 6.91. The molecule has 0 aromatic heterocycles. The molecular formula is C13H24N2O2. The van der Waals surface area contributed by atoms with Crippen molar-refractivity contribution < 1.29 is 9.47 Å². The Kier molecular flexibility index (Phi) is 3.39. The molecule has 3 rings (SSSR count). The van der Waals surface area contributed by atoms with Gasteiger partial charge in [0.2, 0.25) is 0 Å². The monoisotopic (exact) mass is 240 g/mol. The van der Waals surface area contributed by atoms with E-state index in [1.54, 1.807) is 0 Å². The van der Waals surface area contributed by atoms with Gasteiger partial charge < -0.3 is 9.47 Å². The van der Waals surface area contributed by atoms with Crippen molar-refractivity contribution in [2.24, 2.45) is 0 Å². The van der Waals surface area contributed by atoms with Gasteiger partial charge in [-0.1, -0.05) is 0 Å². The number of fused-ring (bicyclic) bond motifs is 1. The number of ether oxygens (including phenoxy) is 2. The first kappa shape index (κ1) is 11.9. The van der Waals surface area contributed by atoms with Crippen LogP contribution in [-0.4, -0.2) is 74.5 Å². The molecule has 0 aromatic rings. The van der Waals surface area contributed by atoms with E-state index >= 15 is 0 Å². The Balaban J connectivity index is 1.58. The molecule has 3 heterocycles. The molecule has 3 saturated heterocycles. The third-order valence-electron chi connectivity index (χ3n) is 4.68. The van der Waals surface area contributed by atoms with Crippen LogP contribution in [0.1, 0.15) is 19.3 Å². The molecule has 4 heteroatoms. The van der Waals surface area contributed by atoms with E-state index in [-0.39, 0.29) is 5.60 Å². The first-order chi connectivity index (χ1) is 8.31. The lowest BCUT2D eigenvalue weighted by Gasteiger charge is -2.41. The van der Waals surface area contributed by atoms with Crippen LogP contribution in [0, 0.1) is 0 Å². The molecule has 0 spiro atoms. The predicted molar refractivity (Wildman–Crippen MR) is 66.2 cm³/mol. The SMILES string of the molecule is COC1(CN2CCN3CCCC3C2)CCOC1. The topological polar surface area (TPSA) is 24.9 Å². The fourth-order valence-electron chi connectivity index (χ4n) is 3.55. The van der Waals surface area contributed by atoms with Gasteiger partial charge in [-0.2, -0.15) is 0 Å². The summed E-state index contributed by atoms with van der Waals surface area (Å²) in [5, 5.41) is 0. The van der Waals surface area contributed by atoms with Gasteiger partial charge in [-0.3, -0.25) is 9.80 Å². The number of rotatable bonds is 3. The Morgan fingerprint density at radius 3 is 3.06 bits per heavy atom. The maximum Gasteiger partial charge on any atom is 0.106 e. The van der Waals surface area contributed by atoms with Gasteiger partial charge >= 0.3 is 0 Å². The average molecular weight is 240 g/mol. The number of hydrogen-bond acceptors (Lipinski definition) is 4. The number of piperazine rings is 1. The van der Waals surface area contributed by atoms with Crippen LogP contribution in [0.15, 0.2) is 0 Å². The van der Waals surface area contributed by atoms with Gasteiger partial charge in [0.25, 0.3) is 0 Å². The number of nitrogens with zero attached hydrogens (tertiary/aromatic N) is 2. The minimum atomic E-state index is -0.0270. The Morgan fingerprint density at radius 2 is 2.29 bits per heavy atom. The summed E-state index contributed by atoms with van der Waals surface area (Å²) in [4.78, 5) is 5.24. The molecule has 0 N–H and O–H groups in total. The highest BCUT2D eigenvalue weighted by Gasteiger charge is 2.39. The van der Waals surface area contributed by atoms with Crippen molar-refractivity contribution in [3.8, 4) is 0 Å². The first-order valence-corrected chi connectivity index (χ1v) is 6.91. The standard InChI is InChI=1S/C13H24N2O2/c1-16-13(4-8-17-11-13)10-14-6-7-15-5-2-3-12(15)9-14/h12H,2-11H2,1H3. The van der Waals surface area contributed by atoms with Crippen molar-refractivity contribution in [2.75, 3.05) is 53.0 Å². The second kappa shape index (κ2) is 4.84. The summed E-state index contributed by atoms with van der Waals surface area (Å²) in [6, 6.07) is 0.806. The van der Waals surface area contributed by atoms with E-state index in [2.05, 4.69) is 9.80 Å². The molecule has 3 aliphatic rings. The summed E-state index contributed by atoms with van der Waals surface area (Å²) in [5.41, 5.74) is -0.0270. The van der Waals surface area contributed by atoms with E-state index in [1.165, 1.54) is 39.0 Å². The summed E-state index contributed by atoms with van der Waals surface area (Å²) in [5.74, 6) is 0. The lowest BCUT2D eigenvalue weighted by molar-refractivity contribution is -0.0514. The van der Waals surface area contributed by atoms with Gasteiger partial charge in [-0.25, -0.2) is 0 Å². The highest BCUT2D eigenvalue weighted by molar-refractivity contribution is 4.93. The molecule has 0 aliphatic carbocycles. The van der Waals surface area contributed by atoms with E-state index in [1.807, 2.05) is 7.11 Å². The molecule has 3 fully saturated rings. The van der Waals surface area contributed by atoms with Gasteiger partial charge in [-0.15, -0.1) is 0 Å². The molecule has 2 unspecified atom stereocenters. The van der Waals surface area contributed by atoms with Crippen molar-refractivity contribution in [3.63, 3.8) is 0 Å². The van der Waals surface area contributed by atoms with E-state index in [4.69, 9.17) is 9.47 Å². The summed E-state index contributed by atoms with van der Waals surface area (Å²) in [7, 11) is 1.83. The van der Waals surface area contributed by atoms with E-state index < -0.39 is 0 Å². The number of methoxy groups -OCH3 is 1. The van der Waals surface area contributed by atoms with Crippen LogP contribution in [0.4, 0.5) is 0 Å². The fourth-order valence-corrected chi connectivity index (χ4v) is 3.55. The molecule has 17 heavy (non-hydrogen) atoms. The van der Waals surface area contributed by atoms with Gasteiger partial charge in [0.1, 0.15) is 5.60 Å². The minimum absolute atomic E-state index is 0.0270. The smallest absolute Gasteiger partial charge is 0.106 e. The Morgan fingerprint density at radius 1 is 1.35 bits per heavy atom. The van der Waals surface area contributed by atoms with Crippen LogP contribution >= 0.6 is 0 Å². The van der Waals surface area contributed by atoms with Crippen molar-refractivity contribution >= 4 is 0 Å². The molecule has 2 atom stereocenters. The molecular weight excluding hydrogens is 216 g/mol. The zero-order chi connectivity index (χ0) is 11.7. The molecule has 3 aliphatic heterocycles. The molecule has 98 valence electrons. The van der Waals surface area contributed by atoms with E-state index in [0.29, 0.717) is 0 Å². The minimum Gasteiger partial charge on any atom is -0.378 e. The summed E-state index contributed by atoms with van der Waals surface area (Å²) in [6.07, 6.45) is 3.82. The third-order valence-corrected chi connectivity index (χ3v) is 4.68. The Hall–Kier alpha value is -0.160. The van der Waals surface area contributed by atoms with Crippen LogP contribution in [0.5, 0.6) is 0 Å². The van der Waals surface area contributed by atoms with Crippen LogP contribution in [0.3, 0.4) is 0 Å². The van der Waals surface area contributed by atoms with Crippen LogP contribution in [-0.2, 0) is 9.47 Å². The summed E-state index contributed by atoms with van der Waals surface area (Å²) < 4.78 is 11.3. The van der Waals surface area contributed by atoms with Gasteiger partial charge in [0.05, 0.1) is 6.61 Å². The molecule has 0 saturated carbocycles. The fraction of sp³-hybridized carbons (Fsp3) is 1.00. The van der Waals surface area contributed by atoms with Crippen molar-refractivity contribution in [1.29, 1.82) is 0 Å². The summed E-state index contributed by atoms with van der Waals surface area (Å²) in [6.45, 7) is 7.66. The predicted octanol–water partition coefficient (Wildman–Crippen LogP) is 0.572. The second-order valence-electron chi connectivity index (χ2n) is 5.76. The quantitative estimate of drug-likeness (QED) is 0.720. The normalized spacial score (nSPS) is 39.7. The lowest BCUT2D eigenvalue weighted by Crippen LogP contribution is -2.55. The lowest BCUT2D eigenvalue weighted by atomic mass is 10.0. The Labute approximate surface area is 104 Å². The second-order valence-corrected chi connectivity index (χ2v) is 5.76. The molecule has 0 bridgehead atoms. The van der Waals surface area contributed by atoms with Crippen molar-refractivity contribution in [3.05, 3.63) is 0 Å². The third kappa shape index (κ3) is 2.36. The zero-order valence-corrected chi connectivity index (χ0v) is 10.9. The van der Waals surface area contributed by atoms with Crippen LogP contribution in [0.2, 0.25) is 0 Å².